The van der Waals surface area contributed by atoms with Crippen LogP contribution in [0.5, 0.6) is 17.2 Å². The Labute approximate surface area is 179 Å². The van der Waals surface area contributed by atoms with Crippen LogP contribution in [-0.2, 0) is 0 Å². The molecule has 0 saturated heterocycles. The zero-order valence-corrected chi connectivity index (χ0v) is 18.0. The van der Waals surface area contributed by atoms with Crippen LogP contribution in [0.3, 0.4) is 0 Å². The normalized spacial score (nSPS) is 13.6. The molecule has 0 fully saturated rings. The molecule has 0 aliphatic carbocycles. The number of hydrogen-bond donors (Lipinski definition) is 0. The molecule has 2 heterocycles. The SMILES string of the molecule is C=C(C)CN=c1scc(-c2ccccc2OC)n1N=C(C)c1ccc2c(c1)OCO2. The first-order valence-corrected chi connectivity index (χ1v) is 10.4. The molecule has 0 amide bonds. The molecule has 4 rings (SSSR count). The number of para-hydroxylation sites is 1. The average molecular weight is 422 g/mol. The summed E-state index contributed by atoms with van der Waals surface area (Å²) in [7, 11) is 1.67. The maximum Gasteiger partial charge on any atom is 0.231 e. The molecule has 7 heteroatoms. The largest absolute Gasteiger partial charge is 0.496 e. The number of ether oxygens (including phenoxy) is 3. The fourth-order valence-electron chi connectivity index (χ4n) is 3.08. The molecule has 154 valence electrons. The molecule has 6 nitrogen and oxygen atoms in total. The van der Waals surface area contributed by atoms with E-state index in [2.05, 4.69) is 6.58 Å². The Hall–Kier alpha value is -3.32. The molecule has 0 unspecified atom stereocenters. The lowest BCUT2D eigenvalue weighted by molar-refractivity contribution is 0.174. The molecule has 30 heavy (non-hydrogen) atoms. The highest BCUT2D eigenvalue weighted by molar-refractivity contribution is 7.07. The maximum absolute atomic E-state index is 5.57. The minimum atomic E-state index is 0.246. The molecule has 0 atom stereocenters. The Kier molecular flexibility index (Phi) is 5.72. The van der Waals surface area contributed by atoms with Gasteiger partial charge in [0, 0.05) is 16.5 Å². The van der Waals surface area contributed by atoms with E-state index in [4.69, 9.17) is 24.3 Å². The summed E-state index contributed by atoms with van der Waals surface area (Å²) < 4.78 is 18.4. The van der Waals surface area contributed by atoms with E-state index >= 15 is 0 Å². The van der Waals surface area contributed by atoms with Crippen molar-refractivity contribution in [3.05, 3.63) is 70.4 Å². The molecule has 0 spiro atoms. The number of nitrogens with zero attached hydrogens (tertiary/aromatic N) is 3. The van der Waals surface area contributed by atoms with Crippen molar-refractivity contribution in [3.63, 3.8) is 0 Å². The van der Waals surface area contributed by atoms with Crippen LogP contribution in [0, 0.1) is 0 Å². The lowest BCUT2D eigenvalue weighted by Gasteiger charge is -2.10. The standard InChI is InChI=1S/C23H23N3O3S/c1-15(2)12-24-23-26(19(13-30-23)18-7-5-6-8-20(18)27-4)25-16(3)17-9-10-21-22(11-17)29-14-28-21/h5-11,13H,1,12,14H2,2-4H3. The van der Waals surface area contributed by atoms with Gasteiger partial charge in [-0.3, -0.25) is 4.99 Å². The second-order valence-electron chi connectivity index (χ2n) is 6.94. The zero-order valence-electron chi connectivity index (χ0n) is 17.2. The molecule has 3 aromatic rings. The van der Waals surface area contributed by atoms with Gasteiger partial charge in [-0.05, 0) is 44.2 Å². The molecule has 0 radical (unpaired) electrons. The van der Waals surface area contributed by atoms with Gasteiger partial charge in [-0.15, -0.1) is 11.3 Å². The van der Waals surface area contributed by atoms with Crippen molar-refractivity contribution in [2.24, 2.45) is 10.1 Å². The van der Waals surface area contributed by atoms with Gasteiger partial charge in [0.1, 0.15) is 5.75 Å². The zero-order chi connectivity index (χ0) is 21.1. The molecule has 1 aliphatic rings. The molecular weight excluding hydrogens is 398 g/mol. The maximum atomic E-state index is 5.57. The van der Waals surface area contributed by atoms with E-state index in [1.807, 2.05) is 66.4 Å². The van der Waals surface area contributed by atoms with Gasteiger partial charge < -0.3 is 14.2 Å². The molecule has 1 aromatic heterocycles. The van der Waals surface area contributed by atoms with Crippen LogP contribution in [0.4, 0.5) is 0 Å². The van der Waals surface area contributed by atoms with E-state index in [-0.39, 0.29) is 6.79 Å². The van der Waals surface area contributed by atoms with Crippen LogP contribution in [0.2, 0.25) is 0 Å². The number of fused-ring (bicyclic) bond motifs is 1. The summed E-state index contributed by atoms with van der Waals surface area (Å²) in [5.41, 5.74) is 4.65. The summed E-state index contributed by atoms with van der Waals surface area (Å²) in [4.78, 5) is 5.49. The van der Waals surface area contributed by atoms with Crippen molar-refractivity contribution in [3.8, 4) is 28.5 Å². The smallest absolute Gasteiger partial charge is 0.231 e. The molecule has 1 aliphatic heterocycles. The van der Waals surface area contributed by atoms with Crippen LogP contribution < -0.4 is 19.0 Å². The van der Waals surface area contributed by atoms with Gasteiger partial charge in [-0.25, -0.2) is 4.68 Å². The monoisotopic (exact) mass is 421 g/mol. The number of hydrogen-bond acceptors (Lipinski definition) is 6. The third kappa shape index (κ3) is 4.02. The fourth-order valence-corrected chi connectivity index (χ4v) is 3.90. The summed E-state index contributed by atoms with van der Waals surface area (Å²) in [5, 5.41) is 6.96. The quantitative estimate of drug-likeness (QED) is 0.428. The number of thiazole rings is 1. The first kappa shape index (κ1) is 20.0. The van der Waals surface area contributed by atoms with E-state index in [9.17, 15) is 0 Å². The first-order chi connectivity index (χ1) is 14.6. The highest BCUT2D eigenvalue weighted by Gasteiger charge is 2.16. The molecule has 0 bridgehead atoms. The Bertz CT molecular complexity index is 1190. The van der Waals surface area contributed by atoms with Crippen molar-refractivity contribution < 1.29 is 14.2 Å². The number of benzene rings is 2. The van der Waals surface area contributed by atoms with Crippen molar-refractivity contribution in [1.29, 1.82) is 0 Å². The van der Waals surface area contributed by atoms with Gasteiger partial charge in [-0.1, -0.05) is 24.3 Å². The van der Waals surface area contributed by atoms with Crippen LogP contribution in [-0.4, -0.2) is 30.8 Å². The second kappa shape index (κ2) is 8.59. The fraction of sp³-hybridized carbons (Fsp3) is 0.217. The van der Waals surface area contributed by atoms with Crippen molar-refractivity contribution >= 4 is 17.0 Å². The van der Waals surface area contributed by atoms with Gasteiger partial charge in [0.25, 0.3) is 0 Å². The third-order valence-electron chi connectivity index (χ3n) is 4.59. The Morgan fingerprint density at radius 3 is 2.77 bits per heavy atom. The highest BCUT2D eigenvalue weighted by Crippen LogP contribution is 2.33. The molecule has 2 aromatic carbocycles. The van der Waals surface area contributed by atoms with Gasteiger partial charge >= 0.3 is 0 Å². The molecule has 0 N–H and O–H groups in total. The van der Waals surface area contributed by atoms with Gasteiger partial charge in [0.15, 0.2) is 11.5 Å². The van der Waals surface area contributed by atoms with Crippen LogP contribution in [0.1, 0.15) is 19.4 Å². The van der Waals surface area contributed by atoms with Crippen LogP contribution in [0.25, 0.3) is 11.3 Å². The third-order valence-corrected chi connectivity index (χ3v) is 5.45. The summed E-state index contributed by atoms with van der Waals surface area (Å²) >= 11 is 1.54. The van der Waals surface area contributed by atoms with E-state index in [1.54, 1.807) is 7.11 Å². The number of rotatable bonds is 6. The second-order valence-corrected chi connectivity index (χ2v) is 7.78. The minimum Gasteiger partial charge on any atom is -0.496 e. The van der Waals surface area contributed by atoms with E-state index in [0.29, 0.717) is 6.54 Å². The summed E-state index contributed by atoms with van der Waals surface area (Å²) in [6.07, 6.45) is 0. The number of methoxy groups -OCH3 is 1. The van der Waals surface area contributed by atoms with E-state index in [0.717, 1.165) is 50.2 Å². The first-order valence-electron chi connectivity index (χ1n) is 9.51. The van der Waals surface area contributed by atoms with Gasteiger partial charge in [0.2, 0.25) is 11.6 Å². The Balaban J connectivity index is 1.84. The van der Waals surface area contributed by atoms with Crippen molar-refractivity contribution in [2.75, 3.05) is 20.4 Å². The Morgan fingerprint density at radius 1 is 1.17 bits per heavy atom. The van der Waals surface area contributed by atoms with E-state index < -0.39 is 0 Å². The van der Waals surface area contributed by atoms with Gasteiger partial charge in [-0.2, -0.15) is 5.10 Å². The summed E-state index contributed by atoms with van der Waals surface area (Å²) in [6, 6.07) is 13.7. The average Bonchev–Trinajstić information content (AvgIpc) is 3.38. The highest BCUT2D eigenvalue weighted by atomic mass is 32.1. The van der Waals surface area contributed by atoms with Crippen LogP contribution in [0.15, 0.2) is 70.1 Å². The predicted octanol–water partition coefficient (Wildman–Crippen LogP) is 4.70. The van der Waals surface area contributed by atoms with Crippen molar-refractivity contribution in [1.82, 2.24) is 4.68 Å². The van der Waals surface area contributed by atoms with Gasteiger partial charge in [0.05, 0.1) is 25.1 Å². The Morgan fingerprint density at radius 2 is 1.97 bits per heavy atom. The topological polar surface area (TPSA) is 57.3 Å². The van der Waals surface area contributed by atoms with Crippen molar-refractivity contribution in [2.45, 2.75) is 13.8 Å². The van der Waals surface area contributed by atoms with E-state index in [1.165, 1.54) is 11.3 Å². The molecular formula is C23H23N3O3S. The lowest BCUT2D eigenvalue weighted by atomic mass is 10.1. The van der Waals surface area contributed by atoms with Crippen LogP contribution >= 0.6 is 11.3 Å². The number of aromatic nitrogens is 1. The minimum absolute atomic E-state index is 0.246. The summed E-state index contributed by atoms with van der Waals surface area (Å²) in [6.45, 7) is 8.68. The lowest BCUT2D eigenvalue weighted by Crippen LogP contribution is -2.15. The summed E-state index contributed by atoms with van der Waals surface area (Å²) in [5.74, 6) is 2.27. The molecule has 0 saturated carbocycles. The predicted molar refractivity (Wildman–Crippen MR) is 120 cm³/mol.